The number of carbonyl (C=O) groups excluding carboxylic acids is 4. The molecule has 4 atom stereocenters. The van der Waals surface area contributed by atoms with Crippen LogP contribution in [-0.4, -0.2) is 46.1 Å². The number of amides is 5. The summed E-state index contributed by atoms with van der Waals surface area (Å²) in [5.41, 5.74) is 2.58. The fourth-order valence-corrected chi connectivity index (χ4v) is 5.32. The number of urea groups is 1. The Hall–Kier alpha value is -2.70. The van der Waals surface area contributed by atoms with Crippen LogP contribution in [0.4, 0.5) is 10.5 Å². The van der Waals surface area contributed by atoms with Crippen molar-refractivity contribution in [2.75, 3.05) is 11.9 Å². The van der Waals surface area contributed by atoms with Crippen LogP contribution >= 0.6 is 0 Å². The van der Waals surface area contributed by atoms with Gasteiger partial charge >= 0.3 is 17.8 Å². The van der Waals surface area contributed by atoms with Gasteiger partial charge in [0.1, 0.15) is 6.54 Å². The van der Waals surface area contributed by atoms with E-state index in [-0.39, 0.29) is 12.0 Å². The fourth-order valence-electron chi connectivity index (χ4n) is 5.32. The number of nitrogens with zero attached hydrogens (tertiary/aromatic N) is 2. The summed E-state index contributed by atoms with van der Waals surface area (Å²) in [6.45, 7) is 5.22. The van der Waals surface area contributed by atoms with E-state index in [9.17, 15) is 19.2 Å². The molecule has 1 aromatic rings. The van der Waals surface area contributed by atoms with Crippen molar-refractivity contribution in [3.05, 3.63) is 29.3 Å². The first kappa shape index (κ1) is 19.6. The van der Waals surface area contributed by atoms with E-state index in [1.54, 1.807) is 6.07 Å². The molecule has 2 bridgehead atoms. The summed E-state index contributed by atoms with van der Waals surface area (Å²) in [5.74, 6) is -0.783. The number of aryl methyl sites for hydroxylation is 1. The van der Waals surface area contributed by atoms with E-state index in [1.807, 2.05) is 32.9 Å². The van der Waals surface area contributed by atoms with E-state index >= 15 is 0 Å². The highest BCUT2D eigenvalue weighted by molar-refractivity contribution is 6.45. The summed E-state index contributed by atoms with van der Waals surface area (Å²) >= 11 is 0. The number of anilines is 1. The average molecular weight is 397 g/mol. The summed E-state index contributed by atoms with van der Waals surface area (Å²) in [6, 6.07) is 4.54. The zero-order chi connectivity index (χ0) is 20.9. The van der Waals surface area contributed by atoms with E-state index in [0.717, 1.165) is 40.2 Å². The molecule has 5 amide bonds. The first-order valence-electron chi connectivity index (χ1n) is 10.3. The maximum Gasteiger partial charge on any atom is 0.334 e. The molecule has 1 aliphatic heterocycles. The van der Waals surface area contributed by atoms with E-state index in [0.29, 0.717) is 17.5 Å². The summed E-state index contributed by atoms with van der Waals surface area (Å²) < 4.78 is 0. The monoisotopic (exact) mass is 397 g/mol. The van der Waals surface area contributed by atoms with Gasteiger partial charge in [-0.2, -0.15) is 0 Å². The molecule has 7 heteroatoms. The Kier molecular flexibility index (Phi) is 4.92. The Morgan fingerprint density at radius 3 is 2.55 bits per heavy atom. The standard InChI is InChI=1S/C22H27N3O4/c1-12-5-4-6-18(13(12)2)23-19(26)11-24-20(27)21(28)25(22(24)29)14(3)17-10-15-7-8-16(17)9-15/h4-6,14-17H,7-11H2,1-3H3,(H,23,26)/t14-,15+,16+,17+/m1/s1. The van der Waals surface area contributed by atoms with Crippen LogP contribution in [0.2, 0.25) is 0 Å². The lowest BCUT2D eigenvalue weighted by atomic mass is 9.83. The molecule has 154 valence electrons. The molecule has 1 saturated heterocycles. The molecule has 0 radical (unpaired) electrons. The predicted octanol–water partition coefficient (Wildman–Crippen LogP) is 2.86. The van der Waals surface area contributed by atoms with Crippen molar-refractivity contribution in [2.45, 2.75) is 52.5 Å². The van der Waals surface area contributed by atoms with Gasteiger partial charge in [0.25, 0.3) is 0 Å². The maximum absolute atomic E-state index is 12.9. The van der Waals surface area contributed by atoms with Gasteiger partial charge in [0.05, 0.1) is 0 Å². The zero-order valence-corrected chi connectivity index (χ0v) is 17.1. The first-order valence-corrected chi connectivity index (χ1v) is 10.3. The van der Waals surface area contributed by atoms with Gasteiger partial charge in [-0.05, 0) is 75.0 Å². The Morgan fingerprint density at radius 1 is 1.14 bits per heavy atom. The largest absolute Gasteiger partial charge is 0.334 e. The van der Waals surface area contributed by atoms with Gasteiger partial charge in [0.15, 0.2) is 0 Å². The van der Waals surface area contributed by atoms with Crippen molar-refractivity contribution in [3.63, 3.8) is 0 Å². The van der Waals surface area contributed by atoms with Gasteiger partial charge < -0.3 is 5.32 Å². The van der Waals surface area contributed by atoms with Gasteiger partial charge in [-0.25, -0.2) is 9.69 Å². The average Bonchev–Trinajstić information content (AvgIpc) is 3.37. The minimum absolute atomic E-state index is 0.248. The van der Waals surface area contributed by atoms with Crippen LogP contribution in [0, 0.1) is 31.6 Å². The fraction of sp³-hybridized carbons (Fsp3) is 0.545. The second kappa shape index (κ2) is 7.28. The summed E-state index contributed by atoms with van der Waals surface area (Å²) in [7, 11) is 0. The van der Waals surface area contributed by atoms with E-state index in [2.05, 4.69) is 5.32 Å². The molecule has 1 aromatic carbocycles. The molecular weight excluding hydrogens is 370 g/mol. The Balaban J connectivity index is 1.45. The SMILES string of the molecule is Cc1cccc(NC(=O)CN2C(=O)C(=O)N([C@H](C)[C@@H]3C[C@H]4CC[C@H]3C4)C2=O)c1C. The molecule has 1 heterocycles. The highest BCUT2D eigenvalue weighted by Crippen LogP contribution is 2.50. The minimum Gasteiger partial charge on any atom is -0.324 e. The topological polar surface area (TPSA) is 86.8 Å². The van der Waals surface area contributed by atoms with Gasteiger partial charge in [-0.1, -0.05) is 18.6 Å². The van der Waals surface area contributed by atoms with Crippen molar-refractivity contribution in [1.82, 2.24) is 9.80 Å². The highest BCUT2D eigenvalue weighted by atomic mass is 16.2. The molecule has 3 aliphatic rings. The lowest BCUT2D eigenvalue weighted by Gasteiger charge is -2.32. The van der Waals surface area contributed by atoms with Crippen LogP contribution in [0.5, 0.6) is 0 Å². The third-order valence-corrected chi connectivity index (χ3v) is 7.08. The third-order valence-electron chi connectivity index (χ3n) is 7.08. The van der Waals surface area contributed by atoms with Crippen molar-refractivity contribution in [3.8, 4) is 0 Å². The van der Waals surface area contributed by atoms with Gasteiger partial charge in [0.2, 0.25) is 5.91 Å². The molecule has 0 spiro atoms. The number of fused-ring (bicyclic) bond motifs is 2. The Morgan fingerprint density at radius 2 is 1.90 bits per heavy atom. The lowest BCUT2D eigenvalue weighted by molar-refractivity contribution is -0.144. The van der Waals surface area contributed by atoms with Crippen LogP contribution in [0.25, 0.3) is 0 Å². The molecule has 4 rings (SSSR count). The Labute approximate surface area is 170 Å². The Bertz CT molecular complexity index is 896. The van der Waals surface area contributed by atoms with Crippen LogP contribution in [0.1, 0.15) is 43.7 Å². The summed E-state index contributed by atoms with van der Waals surface area (Å²) in [4.78, 5) is 52.2. The second-order valence-electron chi connectivity index (χ2n) is 8.72. The van der Waals surface area contributed by atoms with E-state index in [4.69, 9.17) is 0 Å². The van der Waals surface area contributed by atoms with E-state index in [1.165, 1.54) is 6.42 Å². The van der Waals surface area contributed by atoms with Crippen molar-refractivity contribution >= 4 is 29.4 Å². The number of nitrogens with one attached hydrogen (secondary N) is 1. The van der Waals surface area contributed by atoms with Crippen LogP contribution < -0.4 is 5.32 Å². The predicted molar refractivity (Wildman–Crippen MR) is 107 cm³/mol. The molecule has 0 aromatic heterocycles. The zero-order valence-electron chi connectivity index (χ0n) is 17.1. The van der Waals surface area contributed by atoms with Gasteiger partial charge in [-0.15, -0.1) is 0 Å². The summed E-state index contributed by atoms with van der Waals surface area (Å²) in [5, 5.41) is 2.74. The van der Waals surface area contributed by atoms with Crippen molar-refractivity contribution in [1.29, 1.82) is 0 Å². The molecule has 3 fully saturated rings. The molecule has 29 heavy (non-hydrogen) atoms. The van der Waals surface area contributed by atoms with E-state index < -0.39 is 30.3 Å². The van der Waals surface area contributed by atoms with Gasteiger partial charge in [0, 0.05) is 11.7 Å². The minimum atomic E-state index is -0.916. The van der Waals surface area contributed by atoms with Crippen molar-refractivity contribution < 1.29 is 19.2 Å². The number of hydrogen-bond acceptors (Lipinski definition) is 4. The van der Waals surface area contributed by atoms with Crippen LogP contribution in [0.15, 0.2) is 18.2 Å². The molecule has 2 saturated carbocycles. The number of carbonyl (C=O) groups is 4. The number of rotatable bonds is 5. The summed E-state index contributed by atoms with van der Waals surface area (Å²) in [6.07, 6.45) is 4.51. The highest BCUT2D eigenvalue weighted by Gasteiger charge is 2.52. The molecule has 1 N–H and O–H groups in total. The molecule has 0 unspecified atom stereocenters. The van der Waals surface area contributed by atoms with Crippen LogP contribution in [0.3, 0.4) is 0 Å². The molecule has 2 aliphatic carbocycles. The number of hydrogen-bond donors (Lipinski definition) is 1. The quantitative estimate of drug-likeness (QED) is 0.611. The molecular formula is C22H27N3O4. The lowest BCUT2D eigenvalue weighted by Crippen LogP contribution is -2.45. The number of benzene rings is 1. The van der Waals surface area contributed by atoms with Gasteiger partial charge in [-0.3, -0.25) is 19.3 Å². The third kappa shape index (κ3) is 3.32. The second-order valence-corrected chi connectivity index (χ2v) is 8.72. The number of imide groups is 2. The normalized spacial score (nSPS) is 27.1. The maximum atomic E-state index is 12.9. The van der Waals surface area contributed by atoms with Crippen LogP contribution in [-0.2, 0) is 14.4 Å². The van der Waals surface area contributed by atoms with Crippen molar-refractivity contribution in [2.24, 2.45) is 17.8 Å². The first-order chi connectivity index (χ1) is 13.8. The smallest absolute Gasteiger partial charge is 0.324 e. The molecule has 7 nitrogen and oxygen atoms in total.